The SMILES string of the molecule is CCCCNC(=O)[C@H](Cc1ccccc1)N(Cc1ccccc1F)C(=O)CN(c1ccc(Cl)c(Cl)c1)S(=O)(=O)c1ccc(C)cc1. The van der Waals surface area contributed by atoms with Crippen LogP contribution in [0.4, 0.5) is 10.1 Å². The molecular formula is C35H36Cl2FN3O4S. The van der Waals surface area contributed by atoms with Gasteiger partial charge in [0.1, 0.15) is 18.4 Å². The zero-order chi connectivity index (χ0) is 33.3. The molecule has 0 saturated carbocycles. The highest BCUT2D eigenvalue weighted by Crippen LogP contribution is 2.31. The van der Waals surface area contributed by atoms with Gasteiger partial charge >= 0.3 is 0 Å². The minimum atomic E-state index is -4.32. The Morgan fingerprint density at radius 1 is 0.891 bits per heavy atom. The Hall–Kier alpha value is -3.92. The van der Waals surface area contributed by atoms with Crippen LogP contribution in [0.5, 0.6) is 0 Å². The molecule has 0 bridgehead atoms. The van der Waals surface area contributed by atoms with Gasteiger partial charge < -0.3 is 10.2 Å². The fourth-order valence-corrected chi connectivity index (χ4v) is 6.57. The molecule has 0 unspecified atom stereocenters. The van der Waals surface area contributed by atoms with Crippen LogP contribution in [0.25, 0.3) is 0 Å². The molecule has 0 saturated heterocycles. The number of sulfonamides is 1. The Kier molecular flexibility index (Phi) is 12.2. The second kappa shape index (κ2) is 16.1. The van der Waals surface area contributed by atoms with Gasteiger partial charge in [0, 0.05) is 25.1 Å². The number of hydrogen-bond acceptors (Lipinski definition) is 4. The molecule has 1 atom stereocenters. The zero-order valence-corrected chi connectivity index (χ0v) is 28.0. The van der Waals surface area contributed by atoms with Gasteiger partial charge in [-0.3, -0.25) is 13.9 Å². The molecule has 4 aromatic carbocycles. The molecule has 46 heavy (non-hydrogen) atoms. The summed E-state index contributed by atoms with van der Waals surface area (Å²) in [6, 6.07) is 24.5. The number of nitrogens with one attached hydrogen (secondary N) is 1. The molecule has 0 aliphatic carbocycles. The standard InChI is InChI=1S/C35H36Cl2FN3O4S/c1-3-4-20-39-35(43)33(21-26-10-6-5-7-11-26)40(23-27-12-8-9-13-32(27)38)34(42)24-41(28-16-19-30(36)31(37)22-28)46(44,45)29-17-14-25(2)15-18-29/h5-19,22,33H,3-4,20-21,23-24H2,1-2H3,(H,39,43)/t33-/m0/s1. The van der Waals surface area contributed by atoms with Gasteiger partial charge in [0.05, 0.1) is 20.6 Å². The van der Waals surface area contributed by atoms with Crippen LogP contribution in [-0.2, 0) is 32.6 Å². The van der Waals surface area contributed by atoms with Crippen molar-refractivity contribution in [1.82, 2.24) is 10.2 Å². The van der Waals surface area contributed by atoms with E-state index in [0.29, 0.717) is 6.54 Å². The second-order valence-corrected chi connectivity index (χ2v) is 13.6. The predicted molar refractivity (Wildman–Crippen MR) is 181 cm³/mol. The van der Waals surface area contributed by atoms with E-state index in [9.17, 15) is 18.0 Å². The van der Waals surface area contributed by atoms with Crippen LogP contribution < -0.4 is 9.62 Å². The highest BCUT2D eigenvalue weighted by Gasteiger charge is 2.35. The normalized spacial score (nSPS) is 11.9. The number of hydrogen-bond donors (Lipinski definition) is 1. The first-order chi connectivity index (χ1) is 22.0. The van der Waals surface area contributed by atoms with Gasteiger partial charge in [0.2, 0.25) is 11.8 Å². The van der Waals surface area contributed by atoms with Crippen LogP contribution in [-0.4, -0.2) is 44.3 Å². The summed E-state index contributed by atoms with van der Waals surface area (Å²) in [5.74, 6) is -1.69. The third-order valence-electron chi connectivity index (χ3n) is 7.48. The lowest BCUT2D eigenvalue weighted by Crippen LogP contribution is -2.53. The molecule has 4 rings (SSSR count). The van der Waals surface area contributed by atoms with Gasteiger partial charge in [-0.1, -0.05) is 103 Å². The molecule has 0 aliphatic heterocycles. The first kappa shape index (κ1) is 34.9. The second-order valence-electron chi connectivity index (χ2n) is 10.9. The summed E-state index contributed by atoms with van der Waals surface area (Å²) in [4.78, 5) is 29.4. The van der Waals surface area contributed by atoms with E-state index in [1.54, 1.807) is 18.2 Å². The molecule has 0 aliphatic rings. The van der Waals surface area contributed by atoms with Gasteiger partial charge in [0.15, 0.2) is 0 Å². The van der Waals surface area contributed by atoms with Crippen molar-refractivity contribution in [3.63, 3.8) is 0 Å². The van der Waals surface area contributed by atoms with E-state index in [1.807, 2.05) is 44.2 Å². The quantitative estimate of drug-likeness (QED) is 0.143. The largest absolute Gasteiger partial charge is 0.354 e. The van der Waals surface area contributed by atoms with Gasteiger partial charge in [0.25, 0.3) is 10.0 Å². The first-order valence-electron chi connectivity index (χ1n) is 14.9. The highest BCUT2D eigenvalue weighted by molar-refractivity contribution is 7.92. The van der Waals surface area contributed by atoms with Gasteiger partial charge in [-0.2, -0.15) is 0 Å². The fraction of sp³-hybridized carbons (Fsp3) is 0.257. The summed E-state index contributed by atoms with van der Waals surface area (Å²) < 4.78 is 44.2. The van der Waals surface area contributed by atoms with E-state index in [0.717, 1.165) is 28.3 Å². The number of amides is 2. The molecule has 0 aromatic heterocycles. The van der Waals surface area contributed by atoms with E-state index in [4.69, 9.17) is 23.2 Å². The number of unbranched alkanes of at least 4 members (excludes halogenated alkanes) is 1. The minimum absolute atomic E-state index is 0.0456. The molecule has 0 heterocycles. The zero-order valence-electron chi connectivity index (χ0n) is 25.6. The predicted octanol–water partition coefficient (Wildman–Crippen LogP) is 7.19. The Labute approximate surface area is 280 Å². The third kappa shape index (κ3) is 8.87. The van der Waals surface area contributed by atoms with Crippen LogP contribution >= 0.6 is 23.2 Å². The number of rotatable bonds is 14. The van der Waals surface area contributed by atoms with E-state index in [2.05, 4.69) is 5.32 Å². The van der Waals surface area contributed by atoms with E-state index >= 15 is 4.39 Å². The van der Waals surface area contributed by atoms with Gasteiger partial charge in [-0.15, -0.1) is 0 Å². The maximum Gasteiger partial charge on any atom is 0.264 e. The monoisotopic (exact) mass is 683 g/mol. The first-order valence-corrected chi connectivity index (χ1v) is 17.1. The van der Waals surface area contributed by atoms with Crippen molar-refractivity contribution in [1.29, 1.82) is 0 Å². The van der Waals surface area contributed by atoms with E-state index in [-0.39, 0.29) is 39.2 Å². The summed E-state index contributed by atoms with van der Waals surface area (Å²) in [6.45, 7) is 3.24. The van der Waals surface area contributed by atoms with E-state index in [1.165, 1.54) is 53.4 Å². The van der Waals surface area contributed by atoms with Crippen LogP contribution in [0.2, 0.25) is 10.0 Å². The number of anilines is 1. The fourth-order valence-electron chi connectivity index (χ4n) is 4.88. The molecule has 0 spiro atoms. The lowest BCUT2D eigenvalue weighted by molar-refractivity contribution is -0.140. The van der Waals surface area contributed by atoms with Crippen molar-refractivity contribution >= 4 is 50.7 Å². The lowest BCUT2D eigenvalue weighted by Gasteiger charge is -2.34. The number of nitrogens with zero attached hydrogens (tertiary/aromatic N) is 2. The van der Waals surface area contributed by atoms with Crippen molar-refractivity contribution in [3.8, 4) is 0 Å². The summed E-state index contributed by atoms with van der Waals surface area (Å²) in [5.41, 5.74) is 1.90. The van der Waals surface area contributed by atoms with Crippen molar-refractivity contribution in [2.24, 2.45) is 0 Å². The minimum Gasteiger partial charge on any atom is -0.354 e. The third-order valence-corrected chi connectivity index (χ3v) is 10.0. The van der Waals surface area contributed by atoms with Crippen LogP contribution in [0, 0.1) is 12.7 Å². The highest BCUT2D eigenvalue weighted by atomic mass is 35.5. The maximum absolute atomic E-state index is 15.0. The molecule has 4 aromatic rings. The van der Waals surface area contributed by atoms with Crippen molar-refractivity contribution in [3.05, 3.63) is 130 Å². The summed E-state index contributed by atoms with van der Waals surface area (Å²) in [7, 11) is -4.32. The summed E-state index contributed by atoms with van der Waals surface area (Å²) >= 11 is 12.4. The Bertz CT molecular complexity index is 1760. The Morgan fingerprint density at radius 3 is 2.22 bits per heavy atom. The van der Waals surface area contributed by atoms with Gasteiger partial charge in [-0.05, 0) is 55.3 Å². The van der Waals surface area contributed by atoms with Crippen LogP contribution in [0.3, 0.4) is 0 Å². The molecule has 0 radical (unpaired) electrons. The Morgan fingerprint density at radius 2 is 1.57 bits per heavy atom. The number of aryl methyl sites for hydroxylation is 1. The Balaban J connectivity index is 1.81. The molecule has 0 fully saturated rings. The summed E-state index contributed by atoms with van der Waals surface area (Å²) in [6.07, 6.45) is 1.69. The molecule has 1 N–H and O–H groups in total. The average Bonchev–Trinajstić information content (AvgIpc) is 3.04. The molecule has 2 amide bonds. The van der Waals surface area contributed by atoms with Crippen LogP contribution in [0.15, 0.2) is 102 Å². The number of benzene rings is 4. The number of carbonyl (C=O) groups is 2. The molecule has 242 valence electrons. The maximum atomic E-state index is 15.0. The van der Waals surface area contributed by atoms with Crippen molar-refractivity contribution in [2.45, 2.75) is 50.6 Å². The average molecular weight is 685 g/mol. The smallest absolute Gasteiger partial charge is 0.264 e. The van der Waals surface area contributed by atoms with Crippen molar-refractivity contribution in [2.75, 3.05) is 17.4 Å². The lowest BCUT2D eigenvalue weighted by atomic mass is 10.0. The molecule has 11 heteroatoms. The topological polar surface area (TPSA) is 86.8 Å². The van der Waals surface area contributed by atoms with Crippen molar-refractivity contribution < 1.29 is 22.4 Å². The number of carbonyl (C=O) groups excluding carboxylic acids is 2. The van der Waals surface area contributed by atoms with E-state index < -0.39 is 40.2 Å². The molecule has 7 nitrogen and oxygen atoms in total. The summed E-state index contributed by atoms with van der Waals surface area (Å²) in [5, 5.41) is 3.21. The molecular weight excluding hydrogens is 648 g/mol. The number of halogens is 3. The van der Waals surface area contributed by atoms with Crippen LogP contribution in [0.1, 0.15) is 36.5 Å². The van der Waals surface area contributed by atoms with Gasteiger partial charge in [-0.25, -0.2) is 12.8 Å².